The molecule has 0 radical (unpaired) electrons. The molecule has 170 valence electrons. The van der Waals surface area contributed by atoms with Crippen molar-refractivity contribution in [1.82, 2.24) is 5.32 Å². The van der Waals surface area contributed by atoms with Crippen LogP contribution in [0.4, 0.5) is 10.5 Å². The number of carbonyl (C=O) groups is 3. The third-order valence-electron chi connectivity index (χ3n) is 4.83. The van der Waals surface area contributed by atoms with Crippen LogP contribution in [0, 0.1) is 5.92 Å². The van der Waals surface area contributed by atoms with Gasteiger partial charge in [0.25, 0.3) is 0 Å². The Labute approximate surface area is 192 Å². The molecule has 2 amide bonds. The van der Waals surface area contributed by atoms with Crippen LogP contribution in [-0.2, 0) is 27.2 Å². The third kappa shape index (κ3) is 6.72. The second kappa shape index (κ2) is 10.0. The van der Waals surface area contributed by atoms with Gasteiger partial charge in [-0.1, -0.05) is 35.9 Å². The number of hydrogen-bond donors (Lipinski definition) is 2. The number of fused-ring (bicyclic) bond motifs is 1. The summed E-state index contributed by atoms with van der Waals surface area (Å²) in [5.74, 6) is -0.615. The molecule has 1 aliphatic rings. The lowest BCUT2D eigenvalue weighted by molar-refractivity contribution is -0.138. The van der Waals surface area contributed by atoms with E-state index in [2.05, 4.69) is 10.6 Å². The van der Waals surface area contributed by atoms with E-state index < -0.39 is 11.7 Å². The Kier molecular flexibility index (Phi) is 7.40. The highest BCUT2D eigenvalue weighted by molar-refractivity contribution is 6.32. The molecule has 0 saturated heterocycles. The topological polar surface area (TPSA) is 93.7 Å². The van der Waals surface area contributed by atoms with Gasteiger partial charge in [0, 0.05) is 18.7 Å². The summed E-state index contributed by atoms with van der Waals surface area (Å²) >= 11 is 6.26. The first-order chi connectivity index (χ1) is 15.1. The number of esters is 1. The molecule has 2 N–H and O–H groups in total. The number of alkyl carbamates (subject to hydrolysis) is 1. The number of anilines is 1. The maximum Gasteiger partial charge on any atom is 0.407 e. The molecular formula is C24H27ClN2O5. The standard InChI is InChI=1S/C24H27ClN2O5/c1-24(2,3)32-23(30)26-11-10-21(28)27-18-8-9-20(19(25)14-18)31-22(29)17-12-15-6-4-5-7-16(15)13-17/h4-9,14,17H,10-13H2,1-3H3,(H,26,30)(H,27,28). The van der Waals surface area contributed by atoms with Gasteiger partial charge < -0.3 is 20.1 Å². The molecule has 3 rings (SSSR count). The van der Waals surface area contributed by atoms with E-state index in [1.807, 2.05) is 24.3 Å². The monoisotopic (exact) mass is 458 g/mol. The van der Waals surface area contributed by atoms with Crippen LogP contribution in [0.1, 0.15) is 38.3 Å². The summed E-state index contributed by atoms with van der Waals surface area (Å²) in [5, 5.41) is 5.44. The Balaban J connectivity index is 1.47. The summed E-state index contributed by atoms with van der Waals surface area (Å²) in [6.45, 7) is 5.41. The average Bonchev–Trinajstić information content (AvgIpc) is 3.13. The maximum absolute atomic E-state index is 12.6. The number of ether oxygens (including phenoxy) is 2. The fraction of sp³-hybridized carbons (Fsp3) is 0.375. The quantitative estimate of drug-likeness (QED) is 0.490. The van der Waals surface area contributed by atoms with E-state index in [4.69, 9.17) is 21.1 Å². The van der Waals surface area contributed by atoms with Crippen LogP contribution in [-0.4, -0.2) is 30.1 Å². The van der Waals surface area contributed by atoms with Gasteiger partial charge in [-0.2, -0.15) is 0 Å². The van der Waals surface area contributed by atoms with Gasteiger partial charge >= 0.3 is 12.1 Å². The summed E-state index contributed by atoms with van der Waals surface area (Å²) < 4.78 is 10.6. The van der Waals surface area contributed by atoms with Gasteiger partial charge in [0.1, 0.15) is 11.4 Å². The normalized spacial score (nSPS) is 13.2. The molecule has 0 heterocycles. The van der Waals surface area contributed by atoms with Gasteiger partial charge in [-0.15, -0.1) is 0 Å². The molecule has 0 bridgehead atoms. The molecule has 1 aliphatic carbocycles. The number of hydrogen-bond acceptors (Lipinski definition) is 5. The summed E-state index contributed by atoms with van der Waals surface area (Å²) in [4.78, 5) is 36.3. The molecular weight excluding hydrogens is 432 g/mol. The Bertz CT molecular complexity index is 991. The van der Waals surface area contributed by atoms with Crippen LogP contribution in [0.5, 0.6) is 5.75 Å². The van der Waals surface area contributed by atoms with Crippen LogP contribution in [0.15, 0.2) is 42.5 Å². The van der Waals surface area contributed by atoms with Crippen LogP contribution in [0.25, 0.3) is 0 Å². The zero-order valence-electron chi connectivity index (χ0n) is 18.4. The summed E-state index contributed by atoms with van der Waals surface area (Å²) in [6.07, 6.45) is 0.788. The Morgan fingerprint density at radius 2 is 1.72 bits per heavy atom. The highest BCUT2D eigenvalue weighted by Gasteiger charge is 2.29. The highest BCUT2D eigenvalue weighted by Crippen LogP contribution is 2.31. The van der Waals surface area contributed by atoms with E-state index in [-0.39, 0.29) is 41.5 Å². The number of carbonyl (C=O) groups excluding carboxylic acids is 3. The highest BCUT2D eigenvalue weighted by atomic mass is 35.5. The molecule has 2 aromatic carbocycles. The second-order valence-corrected chi connectivity index (χ2v) is 9.07. The molecule has 0 spiro atoms. The molecule has 2 aromatic rings. The zero-order chi connectivity index (χ0) is 23.3. The molecule has 0 unspecified atom stereocenters. The van der Waals surface area contributed by atoms with E-state index in [1.165, 1.54) is 17.2 Å². The number of rotatable bonds is 6. The summed E-state index contributed by atoms with van der Waals surface area (Å²) in [6, 6.07) is 12.7. The van der Waals surface area contributed by atoms with Gasteiger partial charge in [0.15, 0.2) is 0 Å². The maximum atomic E-state index is 12.6. The molecule has 0 aliphatic heterocycles. The largest absolute Gasteiger partial charge is 0.444 e. The summed E-state index contributed by atoms with van der Waals surface area (Å²) in [5.41, 5.74) is 2.20. The van der Waals surface area contributed by atoms with Crippen LogP contribution < -0.4 is 15.4 Å². The Morgan fingerprint density at radius 3 is 2.31 bits per heavy atom. The van der Waals surface area contributed by atoms with E-state index in [0.717, 1.165) is 0 Å². The lowest BCUT2D eigenvalue weighted by Gasteiger charge is -2.19. The Hall–Kier alpha value is -3.06. The van der Waals surface area contributed by atoms with Crippen LogP contribution in [0.3, 0.4) is 0 Å². The number of nitrogens with one attached hydrogen (secondary N) is 2. The minimum Gasteiger partial charge on any atom is -0.444 e. The summed E-state index contributed by atoms with van der Waals surface area (Å²) in [7, 11) is 0. The van der Waals surface area contributed by atoms with Gasteiger partial charge in [-0.25, -0.2) is 4.79 Å². The van der Waals surface area contributed by atoms with Crippen molar-refractivity contribution < 1.29 is 23.9 Å². The van der Waals surface area contributed by atoms with Crippen molar-refractivity contribution in [1.29, 1.82) is 0 Å². The van der Waals surface area contributed by atoms with Gasteiger partial charge in [0.05, 0.1) is 10.9 Å². The molecule has 0 atom stereocenters. The van der Waals surface area contributed by atoms with Crippen molar-refractivity contribution in [3.8, 4) is 5.75 Å². The van der Waals surface area contributed by atoms with Crippen LogP contribution >= 0.6 is 11.6 Å². The lowest BCUT2D eigenvalue weighted by atomic mass is 10.1. The predicted molar refractivity (Wildman–Crippen MR) is 122 cm³/mol. The zero-order valence-corrected chi connectivity index (χ0v) is 19.1. The molecule has 8 heteroatoms. The number of amides is 2. The van der Waals surface area contributed by atoms with Crippen molar-refractivity contribution in [2.24, 2.45) is 5.92 Å². The SMILES string of the molecule is CC(C)(C)OC(=O)NCCC(=O)Nc1ccc(OC(=O)C2Cc3ccccc3C2)c(Cl)c1. The predicted octanol–water partition coefficient (Wildman–Crippen LogP) is 4.51. The first-order valence-corrected chi connectivity index (χ1v) is 10.8. The lowest BCUT2D eigenvalue weighted by Crippen LogP contribution is -2.34. The third-order valence-corrected chi connectivity index (χ3v) is 5.13. The van der Waals surface area contributed by atoms with Crippen molar-refractivity contribution >= 4 is 35.3 Å². The Morgan fingerprint density at radius 1 is 1.06 bits per heavy atom. The smallest absolute Gasteiger partial charge is 0.407 e. The fourth-order valence-electron chi connectivity index (χ4n) is 3.39. The van der Waals surface area contributed by atoms with Crippen molar-refractivity contribution in [2.75, 3.05) is 11.9 Å². The molecule has 0 saturated carbocycles. The van der Waals surface area contributed by atoms with E-state index in [1.54, 1.807) is 32.9 Å². The fourth-order valence-corrected chi connectivity index (χ4v) is 3.61. The molecule has 32 heavy (non-hydrogen) atoms. The van der Waals surface area contributed by atoms with E-state index >= 15 is 0 Å². The van der Waals surface area contributed by atoms with Crippen molar-refractivity contribution in [3.05, 3.63) is 58.6 Å². The number of halogens is 1. The minimum absolute atomic E-state index is 0.0653. The van der Waals surface area contributed by atoms with Gasteiger partial charge in [0.2, 0.25) is 5.91 Å². The average molecular weight is 459 g/mol. The first-order valence-electron chi connectivity index (χ1n) is 10.5. The van der Waals surface area contributed by atoms with Crippen molar-refractivity contribution in [2.45, 2.75) is 45.6 Å². The van der Waals surface area contributed by atoms with Crippen molar-refractivity contribution in [3.63, 3.8) is 0 Å². The second-order valence-electron chi connectivity index (χ2n) is 8.67. The molecule has 0 aromatic heterocycles. The molecule has 7 nitrogen and oxygen atoms in total. The van der Waals surface area contributed by atoms with E-state index in [9.17, 15) is 14.4 Å². The van der Waals surface area contributed by atoms with Crippen LogP contribution in [0.2, 0.25) is 5.02 Å². The first kappa shape index (κ1) is 23.6. The molecule has 0 fully saturated rings. The van der Waals surface area contributed by atoms with Gasteiger partial charge in [-0.05, 0) is 62.9 Å². The van der Waals surface area contributed by atoms with E-state index in [0.29, 0.717) is 18.5 Å². The minimum atomic E-state index is -0.601. The van der Waals surface area contributed by atoms with Gasteiger partial charge in [-0.3, -0.25) is 9.59 Å². The number of benzene rings is 2.